The first-order valence-electron chi connectivity index (χ1n) is 18.6. The van der Waals surface area contributed by atoms with Crippen molar-refractivity contribution in [3.63, 3.8) is 0 Å². The first kappa shape index (κ1) is 35.0. The van der Waals surface area contributed by atoms with Crippen LogP contribution in [0.5, 0.6) is 5.75 Å². The molecule has 9 aromatic rings. The van der Waals surface area contributed by atoms with Gasteiger partial charge in [0, 0.05) is 16.9 Å². The molecule has 0 radical (unpaired) electrons. The zero-order chi connectivity index (χ0) is 37.6. The average molecular weight is 708 g/mol. The highest BCUT2D eigenvalue weighted by Gasteiger charge is 2.18. The molecule has 0 unspecified atom stereocenters. The van der Waals surface area contributed by atoms with Gasteiger partial charge in [0.2, 0.25) is 0 Å². The van der Waals surface area contributed by atoms with Crippen LogP contribution in [0.15, 0.2) is 206 Å². The van der Waals surface area contributed by atoms with E-state index in [0.717, 1.165) is 22.3 Å². The molecule has 0 aromatic heterocycles. The lowest BCUT2D eigenvalue weighted by atomic mass is 9.84. The fraction of sp³-hybridized carbons (Fsp3) is 0.0377. The van der Waals surface area contributed by atoms with Gasteiger partial charge in [0.25, 0.3) is 0 Å². The van der Waals surface area contributed by atoms with Gasteiger partial charge in [0.1, 0.15) is 5.75 Å². The molecule has 0 aliphatic rings. The van der Waals surface area contributed by atoms with Gasteiger partial charge in [-0.25, -0.2) is 0 Å². The Hall–Kier alpha value is -7.03. The summed E-state index contributed by atoms with van der Waals surface area (Å²) in [6, 6.07) is 74.5. The molecule has 264 valence electrons. The second-order valence-corrected chi connectivity index (χ2v) is 13.6. The van der Waals surface area contributed by atoms with Gasteiger partial charge in [-0.15, -0.1) is 0 Å². The molecular formula is C53H41NO. The monoisotopic (exact) mass is 707 g/mol. The minimum Gasteiger partial charge on any atom is -0.495 e. The lowest BCUT2D eigenvalue weighted by Crippen LogP contribution is -2.03. The Bertz CT molecular complexity index is 2680. The molecule has 0 amide bonds. The van der Waals surface area contributed by atoms with Crippen LogP contribution in [0, 0.1) is 5.41 Å². The summed E-state index contributed by atoms with van der Waals surface area (Å²) in [5, 5.41) is 10.3. The molecule has 0 aliphatic carbocycles. The first-order valence-corrected chi connectivity index (χ1v) is 18.6. The van der Waals surface area contributed by atoms with Crippen LogP contribution >= 0.6 is 0 Å². The van der Waals surface area contributed by atoms with Gasteiger partial charge >= 0.3 is 0 Å². The van der Waals surface area contributed by atoms with Crippen LogP contribution in [0.25, 0.3) is 66.1 Å². The lowest BCUT2D eigenvalue weighted by molar-refractivity contribution is 0.422. The standard InChI is InChI=1S/C52H38O.CH3N/c1-53-52-49-28-11-9-26-47(49)46-25-8-10-27-48(46)51(52)39-31-29-36(30-32-39)40-19-12-20-41(33-40)42-21-13-22-43(34-42)44-23-14-24-45(35-44)50(37-15-4-2-5-16-37)38-17-6-3-7-18-38;1-2/h2-35,50H,1H3;2H,1H2. The van der Waals surface area contributed by atoms with Gasteiger partial charge in [-0.3, -0.25) is 0 Å². The van der Waals surface area contributed by atoms with Crippen LogP contribution in [-0.4, -0.2) is 13.8 Å². The van der Waals surface area contributed by atoms with Crippen LogP contribution in [0.2, 0.25) is 0 Å². The normalized spacial score (nSPS) is 10.9. The highest BCUT2D eigenvalue weighted by atomic mass is 16.5. The second kappa shape index (κ2) is 15.9. The molecule has 2 nitrogen and oxygen atoms in total. The summed E-state index contributed by atoms with van der Waals surface area (Å²) in [4.78, 5) is 0. The highest BCUT2D eigenvalue weighted by molar-refractivity contribution is 6.17. The van der Waals surface area contributed by atoms with Gasteiger partial charge in [0.15, 0.2) is 0 Å². The average Bonchev–Trinajstić information content (AvgIpc) is 3.28. The Morgan fingerprint density at radius 3 is 1.25 bits per heavy atom. The van der Waals surface area contributed by atoms with Gasteiger partial charge in [-0.2, -0.15) is 0 Å². The van der Waals surface area contributed by atoms with Crippen molar-refractivity contribution in [2.75, 3.05) is 7.11 Å². The summed E-state index contributed by atoms with van der Waals surface area (Å²) >= 11 is 0. The predicted octanol–water partition coefficient (Wildman–Crippen LogP) is 14.1. The van der Waals surface area contributed by atoms with Crippen LogP contribution in [0.1, 0.15) is 22.6 Å². The van der Waals surface area contributed by atoms with Crippen LogP contribution in [-0.2, 0) is 0 Å². The second-order valence-electron chi connectivity index (χ2n) is 13.6. The smallest absolute Gasteiger partial charge is 0.135 e. The molecule has 0 saturated heterocycles. The van der Waals surface area contributed by atoms with Crippen molar-refractivity contribution in [1.29, 1.82) is 5.41 Å². The molecule has 0 atom stereocenters. The molecule has 0 heterocycles. The summed E-state index contributed by atoms with van der Waals surface area (Å²) in [6.45, 7) is 2.50. The van der Waals surface area contributed by atoms with Gasteiger partial charge in [0.05, 0.1) is 7.11 Å². The number of fused-ring (bicyclic) bond motifs is 3. The van der Waals surface area contributed by atoms with Crippen molar-refractivity contribution in [3.05, 3.63) is 223 Å². The van der Waals surface area contributed by atoms with Crippen molar-refractivity contribution >= 4 is 28.3 Å². The Kier molecular flexibility index (Phi) is 10.1. The third-order valence-electron chi connectivity index (χ3n) is 10.5. The maximum Gasteiger partial charge on any atom is 0.135 e. The van der Waals surface area contributed by atoms with Crippen molar-refractivity contribution < 1.29 is 4.74 Å². The van der Waals surface area contributed by atoms with Gasteiger partial charge < -0.3 is 10.1 Å². The Labute approximate surface area is 323 Å². The molecular weight excluding hydrogens is 667 g/mol. The minimum absolute atomic E-state index is 0.157. The van der Waals surface area contributed by atoms with Crippen molar-refractivity contribution in [1.82, 2.24) is 0 Å². The summed E-state index contributed by atoms with van der Waals surface area (Å²) in [7, 11) is 1.78. The number of hydrogen-bond acceptors (Lipinski definition) is 2. The maximum absolute atomic E-state index is 6.10. The molecule has 9 rings (SSSR count). The number of benzene rings is 9. The summed E-state index contributed by atoms with van der Waals surface area (Å²) in [6.07, 6.45) is 0. The zero-order valence-corrected chi connectivity index (χ0v) is 30.8. The van der Waals surface area contributed by atoms with Crippen molar-refractivity contribution in [2.24, 2.45) is 0 Å². The molecule has 2 heteroatoms. The summed E-state index contributed by atoms with van der Waals surface area (Å²) < 4.78 is 6.10. The largest absolute Gasteiger partial charge is 0.495 e. The molecule has 0 saturated carbocycles. The van der Waals surface area contributed by atoms with E-state index in [0.29, 0.717) is 0 Å². The van der Waals surface area contributed by atoms with E-state index in [1.807, 2.05) is 0 Å². The molecule has 0 bridgehead atoms. The fourth-order valence-corrected chi connectivity index (χ4v) is 7.96. The number of methoxy groups -OCH3 is 1. The van der Waals surface area contributed by atoms with Gasteiger partial charge in [-0.1, -0.05) is 194 Å². The molecule has 0 fully saturated rings. The van der Waals surface area contributed by atoms with E-state index in [1.165, 1.54) is 66.2 Å². The van der Waals surface area contributed by atoms with Gasteiger partial charge in [-0.05, 0) is 90.6 Å². The lowest BCUT2D eigenvalue weighted by Gasteiger charge is -2.20. The Morgan fingerprint density at radius 2 is 0.727 bits per heavy atom. The topological polar surface area (TPSA) is 33.1 Å². The van der Waals surface area contributed by atoms with E-state index >= 15 is 0 Å². The first-order chi connectivity index (χ1) is 27.2. The fourth-order valence-electron chi connectivity index (χ4n) is 7.96. The SMILES string of the molecule is C=N.COc1c(-c2ccc(-c3cccc(-c4cccc(-c5cccc(C(c6ccccc6)c6ccccc6)c5)c4)c3)cc2)c2ccccc2c2ccccc12. The minimum atomic E-state index is 0.157. The Balaban J connectivity index is 0.00000210. The maximum atomic E-state index is 6.10. The number of ether oxygens (including phenoxy) is 1. The number of nitrogens with one attached hydrogen (secondary N) is 1. The van der Waals surface area contributed by atoms with Crippen molar-refractivity contribution in [2.45, 2.75) is 5.92 Å². The number of rotatable bonds is 8. The number of hydrogen-bond donors (Lipinski definition) is 1. The van der Waals surface area contributed by atoms with Crippen molar-refractivity contribution in [3.8, 4) is 50.3 Å². The molecule has 0 aliphatic heterocycles. The summed E-state index contributed by atoms with van der Waals surface area (Å²) in [5.74, 6) is 1.07. The van der Waals surface area contributed by atoms with E-state index in [2.05, 4.69) is 213 Å². The van der Waals surface area contributed by atoms with E-state index in [4.69, 9.17) is 10.1 Å². The van der Waals surface area contributed by atoms with E-state index in [-0.39, 0.29) is 5.92 Å². The summed E-state index contributed by atoms with van der Waals surface area (Å²) in [5.41, 5.74) is 13.3. The molecule has 9 aromatic carbocycles. The predicted molar refractivity (Wildman–Crippen MR) is 233 cm³/mol. The van der Waals surface area contributed by atoms with E-state index < -0.39 is 0 Å². The molecule has 55 heavy (non-hydrogen) atoms. The van der Waals surface area contributed by atoms with Crippen LogP contribution in [0.4, 0.5) is 0 Å². The third kappa shape index (κ3) is 6.94. The molecule has 0 spiro atoms. The van der Waals surface area contributed by atoms with Crippen LogP contribution in [0.3, 0.4) is 0 Å². The Morgan fingerprint density at radius 1 is 0.345 bits per heavy atom. The van der Waals surface area contributed by atoms with E-state index in [1.54, 1.807) is 7.11 Å². The molecule has 1 N–H and O–H groups in total. The zero-order valence-electron chi connectivity index (χ0n) is 30.8. The quantitative estimate of drug-likeness (QED) is 0.0952. The van der Waals surface area contributed by atoms with Crippen LogP contribution < -0.4 is 4.74 Å². The highest BCUT2D eigenvalue weighted by Crippen LogP contribution is 2.44. The van der Waals surface area contributed by atoms with E-state index in [9.17, 15) is 0 Å². The third-order valence-corrected chi connectivity index (χ3v) is 10.5.